The summed E-state index contributed by atoms with van der Waals surface area (Å²) in [6.45, 7) is 7.33. The van der Waals surface area contributed by atoms with E-state index in [1.807, 2.05) is 6.92 Å². The van der Waals surface area contributed by atoms with Crippen molar-refractivity contribution in [2.45, 2.75) is 52.4 Å². The Kier molecular flexibility index (Phi) is 7.84. The van der Waals surface area contributed by atoms with E-state index in [2.05, 4.69) is 22.1 Å². The molecule has 1 aromatic rings. The Morgan fingerprint density at radius 2 is 2.20 bits per heavy atom. The molecule has 1 atom stereocenters. The molecular weight excluding hydrogens is 336 g/mol. The van der Waals surface area contributed by atoms with Crippen LogP contribution in [0, 0.1) is 12.8 Å². The van der Waals surface area contributed by atoms with Gasteiger partial charge in [-0.2, -0.15) is 0 Å². The third-order valence-corrected chi connectivity index (χ3v) is 5.85. The van der Waals surface area contributed by atoms with E-state index in [9.17, 15) is 9.59 Å². The fourth-order valence-electron chi connectivity index (χ4n) is 3.17. The van der Waals surface area contributed by atoms with Crippen LogP contribution < -0.4 is 11.1 Å². The first-order valence-electron chi connectivity index (χ1n) is 9.27. The van der Waals surface area contributed by atoms with Gasteiger partial charge >= 0.3 is 0 Å². The molecule has 0 saturated carbocycles. The average molecular weight is 367 g/mol. The lowest BCUT2D eigenvalue weighted by molar-refractivity contribution is -0.123. The van der Waals surface area contributed by atoms with Gasteiger partial charge in [-0.25, -0.2) is 4.98 Å². The zero-order chi connectivity index (χ0) is 18.2. The van der Waals surface area contributed by atoms with Gasteiger partial charge < -0.3 is 16.0 Å². The smallest absolute Gasteiger partial charge is 0.263 e. The van der Waals surface area contributed by atoms with Crippen LogP contribution >= 0.6 is 11.3 Å². The van der Waals surface area contributed by atoms with Crippen LogP contribution in [0.3, 0.4) is 0 Å². The fraction of sp³-hybridized carbons (Fsp3) is 0.722. The first-order chi connectivity index (χ1) is 12.0. The molecule has 2 rings (SSSR count). The van der Waals surface area contributed by atoms with Crippen molar-refractivity contribution >= 4 is 23.2 Å². The van der Waals surface area contributed by atoms with Crippen LogP contribution in [0.15, 0.2) is 0 Å². The lowest BCUT2D eigenvalue weighted by atomic mass is 9.97. The van der Waals surface area contributed by atoms with E-state index < -0.39 is 0 Å². The summed E-state index contributed by atoms with van der Waals surface area (Å²) < 4.78 is 0. The second-order valence-electron chi connectivity index (χ2n) is 6.78. The number of aromatic nitrogens is 1. The van der Waals surface area contributed by atoms with Gasteiger partial charge in [0.15, 0.2) is 0 Å². The van der Waals surface area contributed by atoms with E-state index >= 15 is 0 Å². The lowest BCUT2D eigenvalue weighted by Crippen LogP contribution is -2.42. The van der Waals surface area contributed by atoms with Crippen LogP contribution in [-0.2, 0) is 11.2 Å². The first-order valence-corrected chi connectivity index (χ1v) is 10.1. The molecular formula is C18H30N4O2S. The monoisotopic (exact) mass is 366 g/mol. The van der Waals surface area contributed by atoms with E-state index in [0.29, 0.717) is 6.54 Å². The van der Waals surface area contributed by atoms with Gasteiger partial charge in [-0.3, -0.25) is 9.59 Å². The van der Waals surface area contributed by atoms with Gasteiger partial charge in [-0.1, -0.05) is 13.3 Å². The minimum absolute atomic E-state index is 0.0218. The second-order valence-corrected chi connectivity index (χ2v) is 7.86. The van der Waals surface area contributed by atoms with E-state index in [1.165, 1.54) is 11.3 Å². The molecule has 0 aliphatic carbocycles. The number of amides is 2. The van der Waals surface area contributed by atoms with Crippen LogP contribution in [0.25, 0.3) is 0 Å². The van der Waals surface area contributed by atoms with Gasteiger partial charge in [-0.05, 0) is 52.1 Å². The molecule has 0 spiro atoms. The van der Waals surface area contributed by atoms with E-state index in [0.717, 1.165) is 73.7 Å². The summed E-state index contributed by atoms with van der Waals surface area (Å²) in [5, 5.41) is 4.05. The number of thiazole rings is 1. The van der Waals surface area contributed by atoms with Crippen LogP contribution in [0.2, 0.25) is 0 Å². The number of hydrogen-bond acceptors (Lipinski definition) is 5. The number of likely N-dealkylation sites (tertiary alicyclic amines) is 1. The van der Waals surface area contributed by atoms with E-state index in [-0.39, 0.29) is 17.7 Å². The molecule has 1 fully saturated rings. The summed E-state index contributed by atoms with van der Waals surface area (Å²) in [6, 6.07) is 0. The Labute approximate surface area is 154 Å². The number of nitrogens with one attached hydrogen (secondary N) is 1. The van der Waals surface area contributed by atoms with Crippen molar-refractivity contribution in [2.75, 3.05) is 26.2 Å². The van der Waals surface area contributed by atoms with E-state index in [4.69, 9.17) is 5.73 Å². The summed E-state index contributed by atoms with van der Waals surface area (Å²) in [5.74, 6) is -0.242. The Balaban J connectivity index is 1.72. The SMILES string of the molecule is CCCCc1nc(C)c(C(=O)NCCCN2CCCC(C(N)=O)C2)s1. The number of primary amides is 1. The number of hydrogen-bond donors (Lipinski definition) is 2. The molecule has 1 aliphatic rings. The number of nitrogens with two attached hydrogens (primary N) is 1. The van der Waals surface area contributed by atoms with Crippen LogP contribution in [0.4, 0.5) is 0 Å². The Morgan fingerprint density at radius 3 is 2.92 bits per heavy atom. The summed E-state index contributed by atoms with van der Waals surface area (Å²) in [4.78, 5) is 31.1. The van der Waals surface area contributed by atoms with Gasteiger partial charge in [-0.15, -0.1) is 11.3 Å². The molecule has 1 saturated heterocycles. The van der Waals surface area contributed by atoms with Gasteiger partial charge in [0.1, 0.15) is 4.88 Å². The molecule has 0 aromatic carbocycles. The minimum atomic E-state index is -0.197. The molecule has 0 radical (unpaired) electrons. The highest BCUT2D eigenvalue weighted by atomic mass is 32.1. The highest BCUT2D eigenvalue weighted by molar-refractivity contribution is 7.13. The number of unbranched alkanes of at least 4 members (excludes halogenated alkanes) is 1. The highest BCUT2D eigenvalue weighted by Gasteiger charge is 2.23. The molecule has 2 heterocycles. The molecule has 3 N–H and O–H groups in total. The maximum Gasteiger partial charge on any atom is 0.263 e. The Morgan fingerprint density at radius 1 is 1.40 bits per heavy atom. The highest BCUT2D eigenvalue weighted by Crippen LogP contribution is 2.20. The molecule has 2 amide bonds. The van der Waals surface area contributed by atoms with Crippen LogP contribution in [-0.4, -0.2) is 47.9 Å². The molecule has 140 valence electrons. The van der Waals surface area contributed by atoms with Crippen molar-refractivity contribution in [3.05, 3.63) is 15.6 Å². The van der Waals surface area contributed by atoms with Crippen molar-refractivity contribution < 1.29 is 9.59 Å². The number of aryl methyl sites for hydroxylation is 2. The molecule has 0 bridgehead atoms. The predicted octanol–water partition coefficient (Wildman–Crippen LogP) is 2.11. The Bertz CT molecular complexity index is 588. The third-order valence-electron chi connectivity index (χ3n) is 4.64. The van der Waals surface area contributed by atoms with Crippen molar-refractivity contribution in [1.82, 2.24) is 15.2 Å². The topological polar surface area (TPSA) is 88.3 Å². The number of nitrogens with zero attached hydrogens (tertiary/aromatic N) is 2. The normalized spacial score (nSPS) is 18.2. The third kappa shape index (κ3) is 6.08. The Hall–Kier alpha value is -1.47. The minimum Gasteiger partial charge on any atom is -0.369 e. The number of rotatable bonds is 9. The number of carbonyl (C=O) groups excluding carboxylic acids is 2. The van der Waals surface area contributed by atoms with Crippen molar-refractivity contribution in [3.8, 4) is 0 Å². The molecule has 1 aromatic heterocycles. The largest absolute Gasteiger partial charge is 0.369 e. The average Bonchev–Trinajstić information content (AvgIpc) is 2.97. The molecule has 1 unspecified atom stereocenters. The fourth-order valence-corrected chi connectivity index (χ4v) is 4.20. The predicted molar refractivity (Wildman–Crippen MR) is 101 cm³/mol. The van der Waals surface area contributed by atoms with Crippen LogP contribution in [0.5, 0.6) is 0 Å². The van der Waals surface area contributed by atoms with E-state index in [1.54, 1.807) is 0 Å². The molecule has 7 heteroatoms. The lowest BCUT2D eigenvalue weighted by Gasteiger charge is -2.31. The molecule has 1 aliphatic heterocycles. The van der Waals surface area contributed by atoms with Crippen molar-refractivity contribution in [2.24, 2.45) is 11.7 Å². The quantitative estimate of drug-likeness (QED) is 0.655. The van der Waals surface area contributed by atoms with Crippen LogP contribution in [0.1, 0.15) is 59.4 Å². The maximum atomic E-state index is 12.3. The van der Waals surface area contributed by atoms with Crippen molar-refractivity contribution in [3.63, 3.8) is 0 Å². The standard InChI is InChI=1S/C18H30N4O2S/c1-3-4-8-15-21-13(2)16(25-15)18(24)20-9-6-11-22-10-5-7-14(12-22)17(19)23/h14H,3-12H2,1-2H3,(H2,19,23)(H,20,24). The summed E-state index contributed by atoms with van der Waals surface area (Å²) >= 11 is 1.51. The molecule has 6 nitrogen and oxygen atoms in total. The zero-order valence-electron chi connectivity index (χ0n) is 15.3. The van der Waals surface area contributed by atoms with Gasteiger partial charge in [0.2, 0.25) is 5.91 Å². The summed E-state index contributed by atoms with van der Waals surface area (Å²) in [7, 11) is 0. The van der Waals surface area contributed by atoms with Gasteiger partial charge in [0.05, 0.1) is 16.6 Å². The number of piperidine rings is 1. The van der Waals surface area contributed by atoms with Gasteiger partial charge in [0, 0.05) is 13.1 Å². The van der Waals surface area contributed by atoms with Gasteiger partial charge in [0.25, 0.3) is 5.91 Å². The second kappa shape index (κ2) is 9.87. The zero-order valence-corrected chi connectivity index (χ0v) is 16.2. The van der Waals surface area contributed by atoms with Crippen molar-refractivity contribution in [1.29, 1.82) is 0 Å². The first kappa shape index (κ1) is 19.8. The summed E-state index contributed by atoms with van der Waals surface area (Å²) in [6.07, 6.45) is 5.97. The summed E-state index contributed by atoms with van der Waals surface area (Å²) in [5.41, 5.74) is 6.24. The number of carbonyl (C=O) groups is 2. The maximum absolute atomic E-state index is 12.3. The molecule has 25 heavy (non-hydrogen) atoms.